The first kappa shape index (κ1) is 15.6. The largest absolute Gasteiger partial charge is 0.329 e. The first-order valence-corrected chi connectivity index (χ1v) is 8.55. The Morgan fingerprint density at radius 3 is 2.60 bits per heavy atom. The first-order chi connectivity index (χ1) is 12.2. The summed E-state index contributed by atoms with van der Waals surface area (Å²) in [5.74, 6) is 0.757. The third-order valence-corrected chi connectivity index (χ3v) is 4.74. The fourth-order valence-electron chi connectivity index (χ4n) is 3.47. The second-order valence-corrected chi connectivity index (χ2v) is 6.35. The minimum absolute atomic E-state index is 0.200. The number of aromatic nitrogens is 2. The Kier molecular flexibility index (Phi) is 3.84. The Morgan fingerprint density at radius 1 is 1.20 bits per heavy atom. The van der Waals surface area contributed by atoms with E-state index in [1.54, 1.807) is 0 Å². The summed E-state index contributed by atoms with van der Waals surface area (Å²) in [6.45, 7) is 4.93. The molecule has 3 aromatic rings. The van der Waals surface area contributed by atoms with Gasteiger partial charge in [0.15, 0.2) is 0 Å². The number of fused-ring (bicyclic) bond motifs is 2. The maximum atomic E-state index is 12.4. The van der Waals surface area contributed by atoms with E-state index in [4.69, 9.17) is 0 Å². The highest BCUT2D eigenvalue weighted by Gasteiger charge is 2.16. The molecule has 5 heteroatoms. The van der Waals surface area contributed by atoms with Crippen LogP contribution in [0.2, 0.25) is 0 Å². The van der Waals surface area contributed by atoms with E-state index in [9.17, 15) is 4.79 Å². The van der Waals surface area contributed by atoms with Gasteiger partial charge in [-0.15, -0.1) is 0 Å². The summed E-state index contributed by atoms with van der Waals surface area (Å²) in [6.07, 6.45) is 1.60. The lowest BCUT2D eigenvalue weighted by Crippen LogP contribution is -2.19. The fourth-order valence-corrected chi connectivity index (χ4v) is 3.47. The topological polar surface area (TPSA) is 59.3 Å². The molecule has 25 heavy (non-hydrogen) atoms. The fraction of sp³-hybridized carbons (Fsp3) is 0.250. The van der Waals surface area contributed by atoms with E-state index in [-0.39, 0.29) is 5.91 Å². The molecule has 0 aliphatic heterocycles. The predicted octanol–water partition coefficient (Wildman–Crippen LogP) is 3.25. The van der Waals surface area contributed by atoms with Crippen molar-refractivity contribution in [1.29, 1.82) is 0 Å². The van der Waals surface area contributed by atoms with Crippen LogP contribution in [0.25, 0.3) is 11.0 Å². The maximum Gasteiger partial charge on any atom is 0.271 e. The Hall–Kier alpha value is -2.95. The van der Waals surface area contributed by atoms with Gasteiger partial charge in [-0.1, -0.05) is 24.3 Å². The number of benzene rings is 2. The van der Waals surface area contributed by atoms with Gasteiger partial charge < -0.3 is 4.57 Å². The highest BCUT2D eigenvalue weighted by molar-refractivity contribution is 5.99. The molecule has 1 heterocycles. The van der Waals surface area contributed by atoms with Gasteiger partial charge in [-0.05, 0) is 43.2 Å². The SMILES string of the molecule is CCn1c(C)nc2cc(C(=O)NN=C3Cc4ccccc4C3)ccc21. The molecule has 1 aliphatic rings. The Morgan fingerprint density at radius 2 is 1.92 bits per heavy atom. The number of hydrogen-bond acceptors (Lipinski definition) is 3. The number of nitrogens with zero attached hydrogens (tertiary/aromatic N) is 3. The summed E-state index contributed by atoms with van der Waals surface area (Å²) in [7, 11) is 0. The van der Waals surface area contributed by atoms with Crippen LogP contribution in [0.15, 0.2) is 47.6 Å². The van der Waals surface area contributed by atoms with Crippen molar-refractivity contribution in [3.63, 3.8) is 0 Å². The lowest BCUT2D eigenvalue weighted by molar-refractivity contribution is 0.0955. The number of aryl methyl sites for hydroxylation is 2. The van der Waals surface area contributed by atoms with Gasteiger partial charge in [0.1, 0.15) is 5.82 Å². The molecule has 0 unspecified atom stereocenters. The van der Waals surface area contributed by atoms with E-state index in [0.29, 0.717) is 5.56 Å². The van der Waals surface area contributed by atoms with Gasteiger partial charge in [-0.2, -0.15) is 5.10 Å². The molecule has 0 radical (unpaired) electrons. The Balaban J connectivity index is 1.52. The number of hydrogen-bond donors (Lipinski definition) is 1. The summed E-state index contributed by atoms with van der Waals surface area (Å²) in [6, 6.07) is 13.9. The van der Waals surface area contributed by atoms with Crippen LogP contribution in [-0.2, 0) is 19.4 Å². The van der Waals surface area contributed by atoms with Gasteiger partial charge in [0.25, 0.3) is 5.91 Å². The zero-order chi connectivity index (χ0) is 17.4. The van der Waals surface area contributed by atoms with E-state index in [0.717, 1.165) is 42.0 Å². The summed E-state index contributed by atoms with van der Waals surface area (Å²) >= 11 is 0. The van der Waals surface area contributed by atoms with E-state index in [2.05, 4.69) is 39.1 Å². The maximum absolute atomic E-state index is 12.4. The van der Waals surface area contributed by atoms with Gasteiger partial charge in [0.05, 0.1) is 11.0 Å². The summed E-state index contributed by atoms with van der Waals surface area (Å²) in [4.78, 5) is 17.0. The normalized spacial score (nSPS) is 13.1. The van der Waals surface area contributed by atoms with Gasteiger partial charge in [0.2, 0.25) is 0 Å². The quantitative estimate of drug-likeness (QED) is 0.749. The summed E-state index contributed by atoms with van der Waals surface area (Å²) in [5.41, 5.74) is 8.72. The molecule has 0 fully saturated rings. The Labute approximate surface area is 146 Å². The molecule has 0 saturated heterocycles. The van der Waals surface area contributed by atoms with E-state index >= 15 is 0 Å². The van der Waals surface area contributed by atoms with Crippen LogP contribution >= 0.6 is 0 Å². The number of carbonyl (C=O) groups excluding carboxylic acids is 1. The zero-order valence-corrected chi connectivity index (χ0v) is 14.4. The molecule has 0 spiro atoms. The van der Waals surface area contributed by atoms with Crippen LogP contribution in [0.3, 0.4) is 0 Å². The van der Waals surface area contributed by atoms with Crippen LogP contribution in [-0.4, -0.2) is 21.2 Å². The van der Waals surface area contributed by atoms with Crippen molar-refractivity contribution in [2.24, 2.45) is 5.10 Å². The number of nitrogens with one attached hydrogen (secondary N) is 1. The molecule has 1 N–H and O–H groups in total. The van der Waals surface area contributed by atoms with Gasteiger partial charge in [-0.25, -0.2) is 10.4 Å². The molecule has 1 aromatic heterocycles. The molecule has 0 bridgehead atoms. The van der Waals surface area contributed by atoms with E-state index in [1.165, 1.54) is 11.1 Å². The van der Waals surface area contributed by atoms with E-state index < -0.39 is 0 Å². The molecule has 1 amide bonds. The summed E-state index contributed by atoms with van der Waals surface area (Å²) < 4.78 is 2.13. The molecule has 5 nitrogen and oxygen atoms in total. The van der Waals surface area contributed by atoms with Crippen LogP contribution in [0, 0.1) is 6.92 Å². The molecular formula is C20H20N4O. The zero-order valence-electron chi connectivity index (χ0n) is 14.4. The van der Waals surface area contributed by atoms with E-state index in [1.807, 2.05) is 37.3 Å². The van der Waals surface area contributed by atoms with Crippen LogP contribution in [0.1, 0.15) is 34.2 Å². The molecule has 0 saturated carbocycles. The minimum atomic E-state index is -0.200. The third kappa shape index (κ3) is 2.82. The molecule has 0 atom stereocenters. The number of amides is 1. The minimum Gasteiger partial charge on any atom is -0.329 e. The van der Waals surface area contributed by atoms with Crippen molar-refractivity contribution in [3.05, 3.63) is 65.0 Å². The Bertz CT molecular complexity index is 973. The average Bonchev–Trinajstić information content (AvgIpc) is 3.18. The van der Waals surface area contributed by atoms with Crippen molar-refractivity contribution in [2.75, 3.05) is 0 Å². The van der Waals surface area contributed by atoms with Crippen molar-refractivity contribution < 1.29 is 4.79 Å². The lowest BCUT2D eigenvalue weighted by Gasteiger charge is -2.03. The summed E-state index contributed by atoms with van der Waals surface area (Å²) in [5, 5.41) is 4.32. The number of rotatable bonds is 3. The molecule has 1 aliphatic carbocycles. The lowest BCUT2D eigenvalue weighted by atomic mass is 10.1. The van der Waals surface area contributed by atoms with Crippen molar-refractivity contribution in [1.82, 2.24) is 15.0 Å². The predicted molar refractivity (Wildman–Crippen MR) is 98.9 cm³/mol. The smallest absolute Gasteiger partial charge is 0.271 e. The number of carbonyl (C=O) groups is 1. The van der Waals surface area contributed by atoms with Crippen molar-refractivity contribution in [2.45, 2.75) is 33.2 Å². The van der Waals surface area contributed by atoms with Gasteiger partial charge >= 0.3 is 0 Å². The van der Waals surface area contributed by atoms with Crippen LogP contribution in [0.5, 0.6) is 0 Å². The van der Waals surface area contributed by atoms with Gasteiger partial charge in [0, 0.05) is 30.7 Å². The van der Waals surface area contributed by atoms with Crippen LogP contribution < -0.4 is 5.43 Å². The highest BCUT2D eigenvalue weighted by atomic mass is 16.2. The van der Waals surface area contributed by atoms with Gasteiger partial charge in [-0.3, -0.25) is 4.79 Å². The number of hydrazone groups is 1. The third-order valence-electron chi connectivity index (χ3n) is 4.74. The second-order valence-electron chi connectivity index (χ2n) is 6.35. The average molecular weight is 332 g/mol. The second kappa shape index (κ2) is 6.16. The van der Waals surface area contributed by atoms with Crippen molar-refractivity contribution >= 4 is 22.7 Å². The van der Waals surface area contributed by atoms with Crippen LogP contribution in [0.4, 0.5) is 0 Å². The highest BCUT2D eigenvalue weighted by Crippen LogP contribution is 2.20. The number of imidazole rings is 1. The monoisotopic (exact) mass is 332 g/mol. The molecule has 126 valence electrons. The first-order valence-electron chi connectivity index (χ1n) is 8.55. The molecule has 2 aromatic carbocycles. The molecular weight excluding hydrogens is 312 g/mol. The standard InChI is InChI=1S/C20H20N4O/c1-3-24-13(2)21-18-12-16(8-9-19(18)24)20(25)23-22-17-10-14-6-4-5-7-15(14)11-17/h4-9,12H,3,10-11H2,1-2H3,(H,23,25). The molecule has 4 rings (SSSR count). The van der Waals surface area contributed by atoms with Crippen molar-refractivity contribution in [3.8, 4) is 0 Å².